The first-order chi connectivity index (χ1) is 6.61. The van der Waals surface area contributed by atoms with Crippen molar-refractivity contribution >= 4 is 5.78 Å². The molecule has 1 atom stereocenters. The summed E-state index contributed by atoms with van der Waals surface area (Å²) in [6, 6.07) is 8.21. The van der Waals surface area contributed by atoms with E-state index < -0.39 is 18.5 Å². The SMILES string of the molecule is CC(OC(F)F)C(=O)c1ccccc1. The molecule has 0 saturated carbocycles. The molecule has 0 radical (unpaired) electrons. The second-order valence-corrected chi connectivity index (χ2v) is 2.77. The Hall–Kier alpha value is -1.29. The Morgan fingerprint density at radius 2 is 1.86 bits per heavy atom. The first-order valence-electron chi connectivity index (χ1n) is 4.14. The lowest BCUT2D eigenvalue weighted by Crippen LogP contribution is -2.23. The summed E-state index contributed by atoms with van der Waals surface area (Å²) in [6.07, 6.45) is -1.11. The van der Waals surface area contributed by atoms with Gasteiger partial charge in [0.15, 0.2) is 5.78 Å². The number of carbonyl (C=O) groups is 1. The monoisotopic (exact) mass is 200 g/mol. The fourth-order valence-electron chi connectivity index (χ4n) is 1.05. The van der Waals surface area contributed by atoms with E-state index >= 15 is 0 Å². The number of hydrogen-bond acceptors (Lipinski definition) is 2. The minimum Gasteiger partial charge on any atom is -0.312 e. The zero-order chi connectivity index (χ0) is 10.6. The van der Waals surface area contributed by atoms with Crippen molar-refractivity contribution in [3.05, 3.63) is 35.9 Å². The average Bonchev–Trinajstić information content (AvgIpc) is 2.17. The summed E-state index contributed by atoms with van der Waals surface area (Å²) in [5.41, 5.74) is 0.376. The minimum atomic E-state index is -2.92. The van der Waals surface area contributed by atoms with Gasteiger partial charge in [-0.25, -0.2) is 0 Å². The molecule has 0 aromatic heterocycles. The Kier molecular flexibility index (Phi) is 3.71. The molecule has 0 N–H and O–H groups in total. The van der Waals surface area contributed by atoms with E-state index in [0.29, 0.717) is 5.56 Å². The van der Waals surface area contributed by atoms with Gasteiger partial charge < -0.3 is 4.74 Å². The molecule has 0 heterocycles. The lowest BCUT2D eigenvalue weighted by atomic mass is 10.1. The summed E-state index contributed by atoms with van der Waals surface area (Å²) in [5.74, 6) is -0.439. The van der Waals surface area contributed by atoms with Crippen LogP contribution in [0.3, 0.4) is 0 Å². The van der Waals surface area contributed by atoms with Gasteiger partial charge in [0.25, 0.3) is 0 Å². The third-order valence-electron chi connectivity index (χ3n) is 1.73. The second kappa shape index (κ2) is 4.81. The van der Waals surface area contributed by atoms with E-state index in [9.17, 15) is 13.6 Å². The molecule has 0 amide bonds. The molecule has 4 heteroatoms. The predicted molar refractivity (Wildman–Crippen MR) is 47.3 cm³/mol. The lowest BCUT2D eigenvalue weighted by molar-refractivity contribution is -0.145. The molecule has 0 spiro atoms. The molecule has 1 aromatic rings. The molecule has 0 aliphatic carbocycles. The highest BCUT2D eigenvalue weighted by atomic mass is 19.3. The maximum Gasteiger partial charge on any atom is 0.345 e. The van der Waals surface area contributed by atoms with E-state index in [1.165, 1.54) is 6.92 Å². The maximum atomic E-state index is 11.8. The number of ether oxygens (including phenoxy) is 1. The molecule has 76 valence electrons. The van der Waals surface area contributed by atoms with E-state index in [-0.39, 0.29) is 0 Å². The largest absolute Gasteiger partial charge is 0.345 e. The van der Waals surface area contributed by atoms with Gasteiger partial charge in [-0.3, -0.25) is 4.79 Å². The molecular formula is C10H10F2O2. The van der Waals surface area contributed by atoms with E-state index in [4.69, 9.17) is 0 Å². The normalized spacial score (nSPS) is 12.9. The van der Waals surface area contributed by atoms with Gasteiger partial charge in [-0.2, -0.15) is 8.78 Å². The predicted octanol–water partition coefficient (Wildman–Crippen LogP) is 2.50. The maximum absolute atomic E-state index is 11.8. The second-order valence-electron chi connectivity index (χ2n) is 2.77. The molecule has 0 bridgehead atoms. The Balaban J connectivity index is 2.66. The summed E-state index contributed by atoms with van der Waals surface area (Å²) in [6.45, 7) is -1.61. The van der Waals surface area contributed by atoms with Crippen LogP contribution >= 0.6 is 0 Å². The molecule has 1 aromatic carbocycles. The van der Waals surface area contributed by atoms with Crippen molar-refractivity contribution in [2.45, 2.75) is 19.6 Å². The highest BCUT2D eigenvalue weighted by Gasteiger charge is 2.18. The van der Waals surface area contributed by atoms with Crippen LogP contribution in [0.4, 0.5) is 8.78 Å². The number of rotatable bonds is 4. The van der Waals surface area contributed by atoms with Gasteiger partial charge in [0.1, 0.15) is 6.10 Å². The average molecular weight is 200 g/mol. The van der Waals surface area contributed by atoms with Crippen molar-refractivity contribution in [3.8, 4) is 0 Å². The van der Waals surface area contributed by atoms with Crippen molar-refractivity contribution in [2.75, 3.05) is 0 Å². The van der Waals surface area contributed by atoms with E-state index in [1.54, 1.807) is 30.3 Å². The summed E-state index contributed by atoms with van der Waals surface area (Å²) in [5, 5.41) is 0. The Bertz CT molecular complexity index is 298. The fraction of sp³-hybridized carbons (Fsp3) is 0.300. The van der Waals surface area contributed by atoms with Crippen LogP contribution in [0.15, 0.2) is 30.3 Å². The third kappa shape index (κ3) is 2.88. The third-order valence-corrected chi connectivity index (χ3v) is 1.73. The van der Waals surface area contributed by atoms with Crippen molar-refractivity contribution in [1.82, 2.24) is 0 Å². The molecule has 0 saturated heterocycles. The van der Waals surface area contributed by atoms with Crippen LogP contribution in [0.2, 0.25) is 0 Å². The van der Waals surface area contributed by atoms with Gasteiger partial charge in [0, 0.05) is 5.56 Å². The quantitative estimate of drug-likeness (QED) is 0.698. The van der Waals surface area contributed by atoms with Crippen LogP contribution < -0.4 is 0 Å². The topological polar surface area (TPSA) is 26.3 Å². The zero-order valence-electron chi connectivity index (χ0n) is 7.61. The lowest BCUT2D eigenvalue weighted by Gasteiger charge is -2.10. The number of benzene rings is 1. The van der Waals surface area contributed by atoms with Crippen molar-refractivity contribution in [2.24, 2.45) is 0 Å². The molecule has 0 aliphatic rings. The van der Waals surface area contributed by atoms with Crippen LogP contribution in [-0.4, -0.2) is 18.5 Å². The van der Waals surface area contributed by atoms with E-state index in [2.05, 4.69) is 4.74 Å². The van der Waals surface area contributed by atoms with E-state index in [1.807, 2.05) is 0 Å². The Labute approximate surface area is 80.5 Å². The summed E-state index contributed by atoms with van der Waals surface area (Å²) in [7, 11) is 0. The van der Waals surface area contributed by atoms with Crippen molar-refractivity contribution in [1.29, 1.82) is 0 Å². The first kappa shape index (κ1) is 10.8. The smallest absolute Gasteiger partial charge is 0.312 e. The molecule has 0 aliphatic heterocycles. The van der Waals surface area contributed by atoms with Gasteiger partial charge in [-0.05, 0) is 6.92 Å². The molecule has 14 heavy (non-hydrogen) atoms. The van der Waals surface area contributed by atoms with Crippen molar-refractivity contribution < 1.29 is 18.3 Å². The number of carbonyl (C=O) groups excluding carboxylic acids is 1. The number of halogens is 2. The number of Topliss-reactive ketones (excluding diaryl/α,β-unsaturated/α-hetero) is 1. The highest BCUT2D eigenvalue weighted by Crippen LogP contribution is 2.08. The minimum absolute atomic E-state index is 0.376. The van der Waals surface area contributed by atoms with Gasteiger partial charge in [-0.1, -0.05) is 30.3 Å². The van der Waals surface area contributed by atoms with Crippen LogP contribution in [0.1, 0.15) is 17.3 Å². The van der Waals surface area contributed by atoms with Crippen LogP contribution in [0.5, 0.6) is 0 Å². The summed E-state index contributed by atoms with van der Waals surface area (Å²) in [4.78, 5) is 11.4. The van der Waals surface area contributed by atoms with Gasteiger partial charge in [-0.15, -0.1) is 0 Å². The molecule has 0 fully saturated rings. The summed E-state index contributed by atoms with van der Waals surface area (Å²) < 4.78 is 27.7. The van der Waals surface area contributed by atoms with E-state index in [0.717, 1.165) is 0 Å². The molecule has 2 nitrogen and oxygen atoms in total. The molecular weight excluding hydrogens is 190 g/mol. The highest BCUT2D eigenvalue weighted by molar-refractivity contribution is 5.99. The Morgan fingerprint density at radius 3 is 2.36 bits per heavy atom. The van der Waals surface area contributed by atoms with Crippen LogP contribution in [0, 0.1) is 0 Å². The standard InChI is InChI=1S/C10H10F2O2/c1-7(14-10(11)12)9(13)8-5-3-2-4-6-8/h2-7,10H,1H3. The number of alkyl halides is 2. The zero-order valence-corrected chi connectivity index (χ0v) is 7.61. The van der Waals surface area contributed by atoms with Gasteiger partial charge >= 0.3 is 6.61 Å². The van der Waals surface area contributed by atoms with Gasteiger partial charge in [0.05, 0.1) is 0 Å². The number of hydrogen-bond donors (Lipinski definition) is 0. The van der Waals surface area contributed by atoms with Crippen molar-refractivity contribution in [3.63, 3.8) is 0 Å². The van der Waals surface area contributed by atoms with Crippen LogP contribution in [0.25, 0.3) is 0 Å². The molecule has 1 unspecified atom stereocenters. The van der Waals surface area contributed by atoms with Gasteiger partial charge in [0.2, 0.25) is 0 Å². The fourth-order valence-corrected chi connectivity index (χ4v) is 1.05. The van der Waals surface area contributed by atoms with Crippen LogP contribution in [-0.2, 0) is 4.74 Å². The first-order valence-corrected chi connectivity index (χ1v) is 4.14. The summed E-state index contributed by atoms with van der Waals surface area (Å²) >= 11 is 0. The molecule has 1 rings (SSSR count). The number of ketones is 1. The Morgan fingerprint density at radius 1 is 1.29 bits per heavy atom.